The van der Waals surface area contributed by atoms with E-state index in [4.69, 9.17) is 0 Å². The molecule has 0 fully saturated rings. The van der Waals surface area contributed by atoms with Gasteiger partial charge in [-0.25, -0.2) is 4.79 Å². The number of nitrogens with one attached hydrogen (secondary N) is 2. The van der Waals surface area contributed by atoms with Gasteiger partial charge in [0.2, 0.25) is 0 Å². The van der Waals surface area contributed by atoms with Crippen LogP contribution in [0.25, 0.3) is 10.9 Å². The summed E-state index contributed by atoms with van der Waals surface area (Å²) in [4.78, 5) is 28.4. The number of hydrogen-bond donors (Lipinski definition) is 3. The Kier molecular flexibility index (Phi) is 3.23. The fourth-order valence-electron chi connectivity index (χ4n) is 2.31. The van der Waals surface area contributed by atoms with Crippen molar-refractivity contribution in [2.24, 2.45) is 0 Å². The van der Waals surface area contributed by atoms with Crippen molar-refractivity contribution in [3.05, 3.63) is 68.6 Å². The van der Waals surface area contributed by atoms with Crippen molar-refractivity contribution in [1.29, 1.82) is 0 Å². The molecule has 0 radical (unpaired) electrons. The van der Waals surface area contributed by atoms with Crippen LogP contribution >= 0.6 is 0 Å². The maximum absolute atomic E-state index is 11.7. The molecule has 0 spiro atoms. The summed E-state index contributed by atoms with van der Waals surface area (Å²) in [6.45, 7) is 1.69. The quantitative estimate of drug-likeness (QED) is 0.672. The number of nitrogens with zero attached hydrogens (tertiary/aromatic N) is 1. The van der Waals surface area contributed by atoms with Gasteiger partial charge in [0.25, 0.3) is 5.56 Å². The number of aromatic nitrogens is 3. The lowest BCUT2D eigenvalue weighted by Crippen LogP contribution is -2.32. The number of aliphatic hydroxyl groups excluding tert-OH is 1. The Hall–Kier alpha value is -2.60. The second-order valence-corrected chi connectivity index (χ2v) is 5.05. The zero-order valence-electron chi connectivity index (χ0n) is 11.5. The van der Waals surface area contributed by atoms with E-state index >= 15 is 0 Å². The molecule has 3 rings (SSSR count). The predicted molar refractivity (Wildman–Crippen MR) is 79.3 cm³/mol. The molecule has 0 aliphatic heterocycles. The van der Waals surface area contributed by atoms with Gasteiger partial charge in [-0.1, -0.05) is 18.2 Å². The van der Waals surface area contributed by atoms with Crippen molar-refractivity contribution in [2.75, 3.05) is 0 Å². The average molecular weight is 285 g/mol. The van der Waals surface area contributed by atoms with E-state index in [0.29, 0.717) is 11.3 Å². The lowest BCUT2D eigenvalue weighted by Gasteiger charge is -2.11. The summed E-state index contributed by atoms with van der Waals surface area (Å²) in [7, 11) is 0. The molecule has 0 bridgehead atoms. The zero-order valence-corrected chi connectivity index (χ0v) is 11.5. The number of benzene rings is 1. The molecule has 3 aromatic rings. The monoisotopic (exact) mass is 285 g/mol. The zero-order chi connectivity index (χ0) is 15.0. The maximum atomic E-state index is 11.7. The van der Waals surface area contributed by atoms with Gasteiger partial charge in [0.15, 0.2) is 0 Å². The van der Waals surface area contributed by atoms with Gasteiger partial charge in [0.1, 0.15) is 6.10 Å². The Labute approximate surface area is 119 Å². The van der Waals surface area contributed by atoms with Crippen LogP contribution in [0.1, 0.15) is 17.4 Å². The molecule has 6 nitrogen and oxygen atoms in total. The summed E-state index contributed by atoms with van der Waals surface area (Å²) in [6, 6.07) is 9.54. The lowest BCUT2D eigenvalue weighted by molar-refractivity contribution is 0.150. The lowest BCUT2D eigenvalue weighted by atomic mass is 10.2. The highest BCUT2D eigenvalue weighted by Gasteiger charge is 2.13. The first-order valence-electron chi connectivity index (χ1n) is 6.60. The molecule has 0 saturated heterocycles. The molecule has 21 heavy (non-hydrogen) atoms. The van der Waals surface area contributed by atoms with Gasteiger partial charge in [-0.15, -0.1) is 0 Å². The molecule has 0 aliphatic rings. The van der Waals surface area contributed by atoms with E-state index in [1.54, 1.807) is 6.92 Å². The van der Waals surface area contributed by atoms with Crippen LogP contribution in [0.2, 0.25) is 0 Å². The molecule has 1 aromatic carbocycles. The number of hydrogen-bond acceptors (Lipinski definition) is 3. The summed E-state index contributed by atoms with van der Waals surface area (Å²) in [6.07, 6.45) is 0.591. The van der Waals surface area contributed by atoms with Crippen LogP contribution in [0.3, 0.4) is 0 Å². The SMILES string of the molecule is Cc1cn(C[C@@H](O)c2cc3ccccc3[nH]2)c(=O)[nH]c1=O. The molecule has 6 heteroatoms. The molecule has 0 unspecified atom stereocenters. The normalized spacial score (nSPS) is 12.7. The van der Waals surface area contributed by atoms with Crippen LogP contribution in [0.15, 0.2) is 46.1 Å². The van der Waals surface area contributed by atoms with E-state index in [1.807, 2.05) is 30.3 Å². The van der Waals surface area contributed by atoms with E-state index in [0.717, 1.165) is 10.9 Å². The highest BCUT2D eigenvalue weighted by atomic mass is 16.3. The number of aryl methyl sites for hydroxylation is 1. The van der Waals surface area contributed by atoms with Gasteiger partial charge in [-0.05, 0) is 24.4 Å². The number of fused-ring (bicyclic) bond motifs is 1. The number of aromatic amines is 2. The minimum Gasteiger partial charge on any atom is -0.385 e. The van der Waals surface area contributed by atoms with E-state index in [9.17, 15) is 14.7 Å². The summed E-state index contributed by atoms with van der Waals surface area (Å²) in [5, 5.41) is 11.3. The molecule has 1 atom stereocenters. The third-order valence-corrected chi connectivity index (χ3v) is 3.47. The Morgan fingerprint density at radius 3 is 2.76 bits per heavy atom. The van der Waals surface area contributed by atoms with Crippen molar-refractivity contribution in [3.63, 3.8) is 0 Å². The first-order valence-corrected chi connectivity index (χ1v) is 6.60. The van der Waals surface area contributed by atoms with Crippen molar-refractivity contribution in [3.8, 4) is 0 Å². The minimum absolute atomic E-state index is 0.0727. The van der Waals surface area contributed by atoms with Gasteiger partial charge >= 0.3 is 5.69 Å². The van der Waals surface area contributed by atoms with Crippen molar-refractivity contribution in [2.45, 2.75) is 19.6 Å². The fraction of sp³-hybridized carbons (Fsp3) is 0.200. The predicted octanol–water partition coefficient (Wildman–Crippen LogP) is 1.06. The van der Waals surface area contributed by atoms with Crippen LogP contribution in [0.5, 0.6) is 0 Å². The number of aliphatic hydroxyl groups is 1. The van der Waals surface area contributed by atoms with Gasteiger partial charge in [-0.3, -0.25) is 14.3 Å². The van der Waals surface area contributed by atoms with Crippen LogP contribution in [-0.4, -0.2) is 19.6 Å². The summed E-state index contributed by atoms with van der Waals surface area (Å²) in [5.74, 6) is 0. The molecule has 3 N–H and O–H groups in total. The summed E-state index contributed by atoms with van der Waals surface area (Å²) in [5.41, 5.74) is 1.05. The van der Waals surface area contributed by atoms with Gasteiger partial charge < -0.3 is 10.1 Å². The summed E-state index contributed by atoms with van der Waals surface area (Å²) < 4.78 is 1.30. The van der Waals surface area contributed by atoms with Crippen molar-refractivity contribution in [1.82, 2.24) is 14.5 Å². The van der Waals surface area contributed by atoms with E-state index < -0.39 is 17.4 Å². The van der Waals surface area contributed by atoms with Crippen LogP contribution in [0, 0.1) is 6.92 Å². The highest BCUT2D eigenvalue weighted by Crippen LogP contribution is 2.20. The molecule has 0 amide bonds. The average Bonchev–Trinajstić information content (AvgIpc) is 2.88. The number of rotatable bonds is 3. The van der Waals surface area contributed by atoms with Crippen molar-refractivity contribution >= 4 is 10.9 Å². The molecule has 108 valence electrons. The van der Waals surface area contributed by atoms with Crippen LogP contribution in [-0.2, 0) is 6.54 Å². The number of H-pyrrole nitrogens is 2. The molecule has 0 aliphatic carbocycles. The Morgan fingerprint density at radius 1 is 1.24 bits per heavy atom. The molecular weight excluding hydrogens is 270 g/mol. The van der Waals surface area contributed by atoms with E-state index in [-0.39, 0.29) is 6.54 Å². The first-order chi connectivity index (χ1) is 10.0. The smallest absolute Gasteiger partial charge is 0.328 e. The fourth-order valence-corrected chi connectivity index (χ4v) is 2.31. The summed E-state index contributed by atoms with van der Waals surface area (Å²) >= 11 is 0. The second-order valence-electron chi connectivity index (χ2n) is 5.05. The van der Waals surface area contributed by atoms with Gasteiger partial charge in [0.05, 0.1) is 6.54 Å². The molecule has 0 saturated carbocycles. The standard InChI is InChI=1S/C15H15N3O3/c1-9-7-18(15(21)17-14(9)20)8-13(19)12-6-10-4-2-3-5-11(10)16-12/h2-7,13,16,19H,8H2,1H3,(H,17,20,21)/t13-/m1/s1. The van der Waals surface area contributed by atoms with E-state index in [2.05, 4.69) is 9.97 Å². The van der Waals surface area contributed by atoms with Crippen molar-refractivity contribution < 1.29 is 5.11 Å². The molecule has 2 aromatic heterocycles. The topological polar surface area (TPSA) is 90.9 Å². The maximum Gasteiger partial charge on any atom is 0.328 e. The Morgan fingerprint density at radius 2 is 2.00 bits per heavy atom. The number of para-hydroxylation sites is 1. The molecule has 2 heterocycles. The Bertz CT molecular complexity index is 871. The third-order valence-electron chi connectivity index (χ3n) is 3.47. The van der Waals surface area contributed by atoms with Gasteiger partial charge in [-0.2, -0.15) is 0 Å². The largest absolute Gasteiger partial charge is 0.385 e. The second kappa shape index (κ2) is 5.06. The highest BCUT2D eigenvalue weighted by molar-refractivity contribution is 5.80. The van der Waals surface area contributed by atoms with Gasteiger partial charge in [0, 0.05) is 23.0 Å². The Balaban J connectivity index is 1.92. The third kappa shape index (κ3) is 2.53. The minimum atomic E-state index is -0.861. The molecular formula is C15H15N3O3. The van der Waals surface area contributed by atoms with E-state index in [1.165, 1.54) is 10.8 Å². The van der Waals surface area contributed by atoms with Crippen LogP contribution < -0.4 is 11.2 Å². The first kappa shape index (κ1) is 13.4. The van der Waals surface area contributed by atoms with Crippen LogP contribution in [0.4, 0.5) is 0 Å².